The van der Waals surface area contributed by atoms with Crippen molar-refractivity contribution >= 4 is 5.91 Å². The number of nitrogens with zero attached hydrogens (tertiary/aromatic N) is 1. The van der Waals surface area contributed by atoms with Gasteiger partial charge in [0.1, 0.15) is 11.9 Å². The Bertz CT molecular complexity index is 564. The monoisotopic (exact) mass is 316 g/mol. The van der Waals surface area contributed by atoms with E-state index in [-0.39, 0.29) is 18.1 Å². The van der Waals surface area contributed by atoms with Gasteiger partial charge in [-0.25, -0.2) is 0 Å². The predicted molar refractivity (Wildman–Crippen MR) is 91.5 cm³/mol. The number of likely N-dealkylation sites (tertiary alicyclic amines) is 1. The maximum Gasteiger partial charge on any atom is 0.225 e. The number of carbonyl (C=O) groups is 1. The second-order valence-electron chi connectivity index (χ2n) is 7.16. The highest BCUT2D eigenvalue weighted by Gasteiger charge is 2.33. The van der Waals surface area contributed by atoms with Gasteiger partial charge in [0.25, 0.3) is 0 Å². The van der Waals surface area contributed by atoms with Crippen molar-refractivity contribution in [3.8, 4) is 5.75 Å². The fraction of sp³-hybridized carbons (Fsp3) is 0.632. The Morgan fingerprint density at radius 1 is 1.13 bits per heavy atom. The van der Waals surface area contributed by atoms with E-state index >= 15 is 0 Å². The van der Waals surface area contributed by atoms with Gasteiger partial charge in [0, 0.05) is 37.9 Å². The second-order valence-corrected chi connectivity index (χ2v) is 7.16. The van der Waals surface area contributed by atoms with Crippen molar-refractivity contribution in [2.24, 2.45) is 11.7 Å². The molecule has 1 saturated carbocycles. The smallest absolute Gasteiger partial charge is 0.225 e. The molecule has 2 atom stereocenters. The van der Waals surface area contributed by atoms with Gasteiger partial charge in [0.05, 0.1) is 0 Å². The zero-order valence-electron chi connectivity index (χ0n) is 14.3. The third kappa shape index (κ3) is 3.86. The third-order valence-electron chi connectivity index (χ3n) is 5.36. The molecule has 1 heterocycles. The van der Waals surface area contributed by atoms with Gasteiger partial charge in [0.15, 0.2) is 0 Å². The van der Waals surface area contributed by atoms with Crippen LogP contribution in [0.2, 0.25) is 0 Å². The van der Waals surface area contributed by atoms with E-state index in [4.69, 9.17) is 10.5 Å². The van der Waals surface area contributed by atoms with Gasteiger partial charge in [-0.05, 0) is 56.4 Å². The number of carbonyl (C=O) groups excluding carboxylic acids is 1. The van der Waals surface area contributed by atoms with Crippen molar-refractivity contribution in [2.75, 3.05) is 13.1 Å². The molecule has 0 bridgehead atoms. The molecule has 3 rings (SSSR count). The molecule has 0 aromatic heterocycles. The maximum atomic E-state index is 12.5. The molecule has 23 heavy (non-hydrogen) atoms. The number of rotatable bonds is 3. The number of hydrogen-bond donors (Lipinski definition) is 1. The van der Waals surface area contributed by atoms with E-state index in [1.54, 1.807) is 0 Å². The number of piperidine rings is 1. The fourth-order valence-electron chi connectivity index (χ4n) is 3.67. The van der Waals surface area contributed by atoms with E-state index in [1.807, 2.05) is 11.0 Å². The highest BCUT2D eigenvalue weighted by Crippen LogP contribution is 2.28. The van der Waals surface area contributed by atoms with E-state index in [0.29, 0.717) is 5.91 Å². The Balaban J connectivity index is 1.50. The molecule has 2 aliphatic rings. The van der Waals surface area contributed by atoms with Crippen molar-refractivity contribution in [1.82, 2.24) is 4.90 Å². The molecule has 0 spiro atoms. The van der Waals surface area contributed by atoms with Crippen molar-refractivity contribution in [3.05, 3.63) is 29.3 Å². The Kier molecular flexibility index (Phi) is 4.90. The van der Waals surface area contributed by atoms with Crippen molar-refractivity contribution in [2.45, 2.75) is 58.1 Å². The van der Waals surface area contributed by atoms with Gasteiger partial charge < -0.3 is 15.4 Å². The van der Waals surface area contributed by atoms with Gasteiger partial charge in [-0.15, -0.1) is 0 Å². The number of hydrogen-bond acceptors (Lipinski definition) is 3. The fourth-order valence-corrected chi connectivity index (χ4v) is 3.67. The molecule has 4 heteroatoms. The average Bonchev–Trinajstić information content (AvgIpc) is 2.97. The van der Waals surface area contributed by atoms with E-state index < -0.39 is 0 Å². The van der Waals surface area contributed by atoms with Gasteiger partial charge in [-0.1, -0.05) is 6.07 Å². The Labute approximate surface area is 139 Å². The van der Waals surface area contributed by atoms with Crippen LogP contribution in [0.4, 0.5) is 0 Å². The van der Waals surface area contributed by atoms with E-state index in [0.717, 1.165) is 50.9 Å². The Hall–Kier alpha value is -1.55. The van der Waals surface area contributed by atoms with E-state index in [2.05, 4.69) is 26.0 Å². The van der Waals surface area contributed by atoms with Crippen LogP contribution in [-0.2, 0) is 4.79 Å². The maximum absolute atomic E-state index is 12.5. The largest absolute Gasteiger partial charge is 0.490 e. The SMILES string of the molecule is Cc1ccc(OC2CCN(C(=O)[C@@H]3CC[C@@H](N)C3)CC2)cc1C. The van der Waals surface area contributed by atoms with Gasteiger partial charge >= 0.3 is 0 Å². The molecule has 1 amide bonds. The van der Waals surface area contributed by atoms with Crippen LogP contribution >= 0.6 is 0 Å². The highest BCUT2D eigenvalue weighted by atomic mass is 16.5. The van der Waals surface area contributed by atoms with Crippen molar-refractivity contribution in [1.29, 1.82) is 0 Å². The van der Waals surface area contributed by atoms with Crippen LogP contribution in [0.5, 0.6) is 5.75 Å². The first-order valence-electron chi connectivity index (χ1n) is 8.81. The molecule has 126 valence electrons. The Morgan fingerprint density at radius 2 is 1.87 bits per heavy atom. The van der Waals surface area contributed by atoms with Gasteiger partial charge in [-0.3, -0.25) is 4.79 Å². The minimum Gasteiger partial charge on any atom is -0.490 e. The van der Waals surface area contributed by atoms with Crippen molar-refractivity contribution in [3.63, 3.8) is 0 Å². The van der Waals surface area contributed by atoms with E-state index in [1.165, 1.54) is 11.1 Å². The quantitative estimate of drug-likeness (QED) is 0.933. The van der Waals surface area contributed by atoms with Crippen LogP contribution in [0.25, 0.3) is 0 Å². The van der Waals surface area contributed by atoms with Crippen LogP contribution in [0.3, 0.4) is 0 Å². The summed E-state index contributed by atoms with van der Waals surface area (Å²) in [5.74, 6) is 1.41. The zero-order chi connectivity index (χ0) is 16.4. The highest BCUT2D eigenvalue weighted by molar-refractivity contribution is 5.79. The first kappa shape index (κ1) is 16.3. The molecule has 0 radical (unpaired) electrons. The van der Waals surface area contributed by atoms with Gasteiger partial charge in [-0.2, -0.15) is 0 Å². The molecular weight excluding hydrogens is 288 g/mol. The molecule has 2 fully saturated rings. The summed E-state index contributed by atoms with van der Waals surface area (Å²) in [7, 11) is 0. The number of ether oxygens (including phenoxy) is 1. The summed E-state index contributed by atoms with van der Waals surface area (Å²) in [5.41, 5.74) is 8.47. The summed E-state index contributed by atoms with van der Waals surface area (Å²) in [5, 5.41) is 0. The summed E-state index contributed by atoms with van der Waals surface area (Å²) in [6.07, 6.45) is 4.85. The van der Waals surface area contributed by atoms with Crippen LogP contribution in [0.15, 0.2) is 18.2 Å². The average molecular weight is 316 g/mol. The first-order chi connectivity index (χ1) is 11.0. The predicted octanol–water partition coefficient (Wildman–Crippen LogP) is 2.80. The van der Waals surface area contributed by atoms with Crippen LogP contribution in [0.1, 0.15) is 43.2 Å². The lowest BCUT2D eigenvalue weighted by Gasteiger charge is -2.33. The molecule has 1 aromatic carbocycles. The lowest BCUT2D eigenvalue weighted by atomic mass is 10.0. The zero-order valence-corrected chi connectivity index (χ0v) is 14.3. The van der Waals surface area contributed by atoms with E-state index in [9.17, 15) is 4.79 Å². The topological polar surface area (TPSA) is 55.6 Å². The lowest BCUT2D eigenvalue weighted by Crippen LogP contribution is -2.44. The normalized spacial score (nSPS) is 25.6. The number of aryl methyl sites for hydroxylation is 2. The minimum atomic E-state index is 0.155. The summed E-state index contributed by atoms with van der Waals surface area (Å²) < 4.78 is 6.10. The molecule has 2 N–H and O–H groups in total. The molecule has 1 aromatic rings. The summed E-state index contributed by atoms with van der Waals surface area (Å²) in [6, 6.07) is 6.47. The molecule has 4 nitrogen and oxygen atoms in total. The Morgan fingerprint density at radius 3 is 2.48 bits per heavy atom. The second kappa shape index (κ2) is 6.91. The number of nitrogens with two attached hydrogens (primary N) is 1. The molecule has 1 aliphatic carbocycles. The molecule has 1 saturated heterocycles. The molecule has 0 unspecified atom stereocenters. The van der Waals surface area contributed by atoms with Crippen LogP contribution in [-0.4, -0.2) is 36.0 Å². The molecular formula is C19H28N2O2. The van der Waals surface area contributed by atoms with Crippen LogP contribution in [0, 0.1) is 19.8 Å². The lowest BCUT2D eigenvalue weighted by molar-refractivity contribution is -0.137. The van der Waals surface area contributed by atoms with Gasteiger partial charge in [0.2, 0.25) is 5.91 Å². The minimum absolute atomic E-state index is 0.155. The molecule has 1 aliphatic heterocycles. The standard InChI is InChI=1S/C19H28N2O2/c1-13-3-6-18(11-14(13)2)23-17-7-9-21(10-8-17)19(22)15-4-5-16(20)12-15/h3,6,11,15-17H,4-5,7-10,12,20H2,1-2H3/t15-,16-/m1/s1. The first-order valence-corrected chi connectivity index (χ1v) is 8.81. The number of benzene rings is 1. The summed E-state index contributed by atoms with van der Waals surface area (Å²) >= 11 is 0. The number of amides is 1. The van der Waals surface area contributed by atoms with Crippen molar-refractivity contribution < 1.29 is 9.53 Å². The summed E-state index contributed by atoms with van der Waals surface area (Å²) in [4.78, 5) is 14.5. The third-order valence-corrected chi connectivity index (χ3v) is 5.36. The summed E-state index contributed by atoms with van der Waals surface area (Å²) in [6.45, 7) is 5.83. The van der Waals surface area contributed by atoms with Crippen LogP contribution < -0.4 is 10.5 Å².